The van der Waals surface area contributed by atoms with Gasteiger partial charge in [-0.05, 0) is 6.07 Å². The van der Waals surface area contributed by atoms with Gasteiger partial charge in [-0.15, -0.1) is 0 Å². The Labute approximate surface area is 87.9 Å². The number of carbonyl (C=O) groups is 1. The van der Waals surface area contributed by atoms with Crippen molar-refractivity contribution in [1.82, 2.24) is 5.32 Å². The van der Waals surface area contributed by atoms with Crippen LogP contribution in [-0.4, -0.2) is 24.7 Å². The molecule has 2 atom stereocenters. The van der Waals surface area contributed by atoms with Gasteiger partial charge in [-0.3, -0.25) is 4.79 Å². The molecule has 0 amide bonds. The maximum atomic E-state index is 11.3. The summed E-state index contributed by atoms with van der Waals surface area (Å²) in [5.41, 5.74) is 0.749. The number of methoxy groups -OCH3 is 1. The molecule has 0 bridgehead atoms. The summed E-state index contributed by atoms with van der Waals surface area (Å²) in [5.74, 6) is -0.214. The predicted molar refractivity (Wildman–Crippen MR) is 54.4 cm³/mol. The number of esters is 1. The monoisotopic (exact) mass is 207 g/mol. The number of rotatable bonds is 2. The van der Waals surface area contributed by atoms with Crippen LogP contribution in [0.25, 0.3) is 0 Å². The molecule has 15 heavy (non-hydrogen) atoms. The van der Waals surface area contributed by atoms with Gasteiger partial charge in [0.25, 0.3) is 0 Å². The Bertz CT molecular complexity index is 378. The molecule has 0 aliphatic carbocycles. The molecule has 2 N–H and O–H groups in total. The molecule has 80 valence electrons. The third-order valence-electron chi connectivity index (χ3n) is 2.74. The van der Waals surface area contributed by atoms with Crippen molar-refractivity contribution in [3.8, 4) is 5.75 Å². The van der Waals surface area contributed by atoms with E-state index in [-0.39, 0.29) is 23.7 Å². The third-order valence-corrected chi connectivity index (χ3v) is 2.74. The van der Waals surface area contributed by atoms with Crippen LogP contribution in [0.3, 0.4) is 0 Å². The summed E-state index contributed by atoms with van der Waals surface area (Å²) in [6.07, 6.45) is 0. The van der Waals surface area contributed by atoms with Gasteiger partial charge >= 0.3 is 5.97 Å². The molecule has 1 aromatic carbocycles. The summed E-state index contributed by atoms with van der Waals surface area (Å²) in [4.78, 5) is 11.3. The van der Waals surface area contributed by atoms with Crippen molar-refractivity contribution in [2.75, 3.05) is 13.7 Å². The third kappa shape index (κ3) is 1.68. The molecule has 0 aromatic heterocycles. The molecule has 1 aliphatic heterocycles. The van der Waals surface area contributed by atoms with Gasteiger partial charge in [0.15, 0.2) is 0 Å². The number of para-hydroxylation sites is 1. The van der Waals surface area contributed by atoms with Gasteiger partial charge in [0.2, 0.25) is 0 Å². The molecular formula is C11H13NO3. The number of benzene rings is 1. The van der Waals surface area contributed by atoms with E-state index in [1.807, 2.05) is 12.1 Å². The summed E-state index contributed by atoms with van der Waals surface area (Å²) in [7, 11) is 1.38. The van der Waals surface area contributed by atoms with Crippen molar-refractivity contribution in [2.24, 2.45) is 5.92 Å². The largest absolute Gasteiger partial charge is 0.508 e. The van der Waals surface area contributed by atoms with E-state index in [1.54, 1.807) is 12.1 Å². The predicted octanol–water partition coefficient (Wildman–Crippen LogP) is 0.826. The van der Waals surface area contributed by atoms with E-state index >= 15 is 0 Å². The molecule has 1 aliphatic rings. The molecule has 4 nitrogen and oxygen atoms in total. The minimum atomic E-state index is -0.234. The molecule has 0 spiro atoms. The summed E-state index contributed by atoms with van der Waals surface area (Å²) in [5, 5.41) is 12.7. The maximum Gasteiger partial charge on any atom is 0.311 e. The fourth-order valence-corrected chi connectivity index (χ4v) is 1.80. The van der Waals surface area contributed by atoms with Crippen molar-refractivity contribution in [1.29, 1.82) is 0 Å². The first kappa shape index (κ1) is 9.98. The van der Waals surface area contributed by atoms with E-state index in [4.69, 9.17) is 0 Å². The fourth-order valence-electron chi connectivity index (χ4n) is 1.80. The standard InChI is InChI=1S/C11H13NO3/c1-15-11(14)8-6-12-10(8)7-4-2-3-5-9(7)13/h2-5,8,10,12-13H,6H2,1H3. The van der Waals surface area contributed by atoms with E-state index in [0.717, 1.165) is 5.56 Å². The highest BCUT2D eigenvalue weighted by Gasteiger charge is 2.39. The Morgan fingerprint density at radius 2 is 2.27 bits per heavy atom. The normalized spacial score (nSPS) is 24.3. The SMILES string of the molecule is COC(=O)C1CNC1c1ccccc1O. The number of phenolic OH excluding ortho intramolecular Hbond substituents is 1. The lowest BCUT2D eigenvalue weighted by Gasteiger charge is -2.36. The lowest BCUT2D eigenvalue weighted by Crippen LogP contribution is -2.50. The molecule has 1 saturated heterocycles. The second-order valence-electron chi connectivity index (χ2n) is 3.57. The number of carbonyl (C=O) groups excluding carboxylic acids is 1. The minimum absolute atomic E-state index is 0.126. The zero-order valence-corrected chi connectivity index (χ0v) is 8.43. The maximum absolute atomic E-state index is 11.3. The van der Waals surface area contributed by atoms with Gasteiger partial charge in [0.05, 0.1) is 19.1 Å². The van der Waals surface area contributed by atoms with Crippen molar-refractivity contribution in [2.45, 2.75) is 6.04 Å². The number of ether oxygens (including phenoxy) is 1. The van der Waals surface area contributed by atoms with Gasteiger partial charge in [0, 0.05) is 12.1 Å². The zero-order valence-electron chi connectivity index (χ0n) is 8.43. The van der Waals surface area contributed by atoms with Gasteiger partial charge < -0.3 is 15.2 Å². The highest BCUT2D eigenvalue weighted by atomic mass is 16.5. The number of hydrogen-bond acceptors (Lipinski definition) is 4. The summed E-state index contributed by atoms with van der Waals surface area (Å²) in [6, 6.07) is 6.89. The Hall–Kier alpha value is -1.55. The summed E-state index contributed by atoms with van der Waals surface area (Å²) < 4.78 is 4.69. The molecule has 0 saturated carbocycles. The van der Waals surface area contributed by atoms with Crippen molar-refractivity contribution >= 4 is 5.97 Å². The molecule has 0 radical (unpaired) electrons. The van der Waals surface area contributed by atoms with Crippen LogP contribution in [0.5, 0.6) is 5.75 Å². The topological polar surface area (TPSA) is 58.6 Å². The van der Waals surface area contributed by atoms with Gasteiger partial charge in [-0.1, -0.05) is 18.2 Å². The first-order valence-electron chi connectivity index (χ1n) is 4.83. The second kappa shape index (κ2) is 3.90. The van der Waals surface area contributed by atoms with Crippen LogP contribution in [0.4, 0.5) is 0 Å². The van der Waals surface area contributed by atoms with Gasteiger partial charge in [-0.25, -0.2) is 0 Å². The van der Waals surface area contributed by atoms with E-state index in [2.05, 4.69) is 10.1 Å². The Balaban J connectivity index is 2.19. The quantitative estimate of drug-likeness (QED) is 0.705. The Kier molecular flexibility index (Phi) is 2.60. The molecule has 1 aromatic rings. The molecule has 2 rings (SSSR count). The minimum Gasteiger partial charge on any atom is -0.508 e. The number of hydrogen-bond donors (Lipinski definition) is 2. The van der Waals surface area contributed by atoms with Crippen molar-refractivity contribution in [3.05, 3.63) is 29.8 Å². The summed E-state index contributed by atoms with van der Waals surface area (Å²) in [6.45, 7) is 0.603. The van der Waals surface area contributed by atoms with Crippen LogP contribution in [0.2, 0.25) is 0 Å². The smallest absolute Gasteiger partial charge is 0.311 e. The van der Waals surface area contributed by atoms with E-state index in [0.29, 0.717) is 6.54 Å². The van der Waals surface area contributed by atoms with E-state index < -0.39 is 0 Å². The molecular weight excluding hydrogens is 194 g/mol. The lowest BCUT2D eigenvalue weighted by atomic mass is 9.86. The van der Waals surface area contributed by atoms with E-state index in [9.17, 15) is 9.90 Å². The first-order chi connectivity index (χ1) is 7.24. The van der Waals surface area contributed by atoms with Crippen LogP contribution in [-0.2, 0) is 9.53 Å². The van der Waals surface area contributed by atoms with Crippen molar-refractivity contribution < 1.29 is 14.6 Å². The van der Waals surface area contributed by atoms with Crippen LogP contribution in [0.15, 0.2) is 24.3 Å². The number of nitrogens with one attached hydrogen (secondary N) is 1. The van der Waals surface area contributed by atoms with Crippen molar-refractivity contribution in [3.63, 3.8) is 0 Å². The average Bonchev–Trinajstić information content (AvgIpc) is 2.19. The Morgan fingerprint density at radius 1 is 1.53 bits per heavy atom. The molecule has 1 heterocycles. The number of phenols is 1. The first-order valence-corrected chi connectivity index (χ1v) is 4.83. The van der Waals surface area contributed by atoms with Crippen LogP contribution in [0.1, 0.15) is 11.6 Å². The second-order valence-corrected chi connectivity index (χ2v) is 3.57. The highest BCUT2D eigenvalue weighted by molar-refractivity contribution is 5.75. The number of aromatic hydroxyl groups is 1. The molecule has 2 unspecified atom stereocenters. The summed E-state index contributed by atoms with van der Waals surface area (Å²) >= 11 is 0. The lowest BCUT2D eigenvalue weighted by molar-refractivity contribution is -0.149. The zero-order chi connectivity index (χ0) is 10.8. The molecule has 1 fully saturated rings. The van der Waals surface area contributed by atoms with Gasteiger partial charge in [-0.2, -0.15) is 0 Å². The average molecular weight is 207 g/mol. The van der Waals surface area contributed by atoms with Gasteiger partial charge in [0.1, 0.15) is 5.75 Å². The van der Waals surface area contributed by atoms with Crippen LogP contribution >= 0.6 is 0 Å². The fraction of sp³-hybridized carbons (Fsp3) is 0.364. The molecule has 4 heteroatoms. The highest BCUT2D eigenvalue weighted by Crippen LogP contribution is 2.34. The van der Waals surface area contributed by atoms with Crippen LogP contribution in [0, 0.1) is 5.92 Å². The Morgan fingerprint density at radius 3 is 2.80 bits per heavy atom. The van der Waals surface area contributed by atoms with E-state index in [1.165, 1.54) is 7.11 Å². The van der Waals surface area contributed by atoms with Crippen LogP contribution < -0.4 is 5.32 Å².